The van der Waals surface area contributed by atoms with Crippen LogP contribution in [0.2, 0.25) is 0 Å². The van der Waals surface area contributed by atoms with Crippen LogP contribution in [0.5, 0.6) is 0 Å². The highest BCUT2D eigenvalue weighted by Crippen LogP contribution is 2.25. The van der Waals surface area contributed by atoms with Crippen LogP contribution in [-0.2, 0) is 23.9 Å². The van der Waals surface area contributed by atoms with E-state index in [1.807, 2.05) is 6.92 Å². The number of carboxylic acid groups (broad SMARTS) is 1. The Hall–Kier alpha value is -2.32. The molecule has 1 heterocycles. The third kappa shape index (κ3) is 6.89. The summed E-state index contributed by atoms with van der Waals surface area (Å²) in [4.78, 5) is 48.1. The van der Waals surface area contributed by atoms with Crippen LogP contribution in [0, 0.1) is 0 Å². The molecule has 0 aromatic carbocycles. The lowest BCUT2D eigenvalue weighted by Crippen LogP contribution is -2.71. The molecule has 148 valence electrons. The van der Waals surface area contributed by atoms with Gasteiger partial charge in [0.2, 0.25) is 5.91 Å². The van der Waals surface area contributed by atoms with Crippen molar-refractivity contribution in [2.24, 2.45) is 0 Å². The van der Waals surface area contributed by atoms with Crippen molar-refractivity contribution < 1.29 is 33.8 Å². The Bertz CT molecular complexity index is 542. The van der Waals surface area contributed by atoms with Gasteiger partial charge in [0.15, 0.2) is 0 Å². The molecule has 0 aliphatic carbocycles. The average molecular weight is 372 g/mol. The van der Waals surface area contributed by atoms with Gasteiger partial charge in [-0.2, -0.15) is 0 Å². The van der Waals surface area contributed by atoms with Crippen LogP contribution in [0.15, 0.2) is 0 Å². The van der Waals surface area contributed by atoms with E-state index in [-0.39, 0.29) is 26.0 Å². The number of amides is 2. The third-order valence-corrected chi connectivity index (χ3v) is 3.72. The van der Waals surface area contributed by atoms with Crippen LogP contribution in [-0.4, -0.2) is 64.8 Å². The molecule has 0 aromatic rings. The normalized spacial score (nSPS) is 19.5. The first-order valence-electron chi connectivity index (χ1n) is 8.72. The smallest absolute Gasteiger partial charge is 0.408 e. The Labute approximate surface area is 153 Å². The van der Waals surface area contributed by atoms with Gasteiger partial charge in [-0.05, 0) is 33.6 Å². The number of aliphatic carboxylic acids is 1. The first kappa shape index (κ1) is 21.7. The van der Waals surface area contributed by atoms with E-state index in [0.717, 1.165) is 12.8 Å². The molecule has 1 rings (SSSR count). The summed E-state index contributed by atoms with van der Waals surface area (Å²) in [5, 5.41) is 11.3. The highest BCUT2D eigenvalue weighted by Gasteiger charge is 2.49. The minimum atomic E-state index is -1.02. The summed E-state index contributed by atoms with van der Waals surface area (Å²) in [5.74, 6) is -2.03. The molecule has 0 unspecified atom stereocenters. The molecule has 0 aromatic heterocycles. The minimum absolute atomic E-state index is 0.115. The molecule has 9 nitrogen and oxygen atoms in total. The second-order valence-corrected chi connectivity index (χ2v) is 7.16. The summed E-state index contributed by atoms with van der Waals surface area (Å²) in [6, 6.07) is -1.50. The molecule has 1 aliphatic heterocycles. The fourth-order valence-electron chi connectivity index (χ4n) is 2.50. The quantitative estimate of drug-likeness (QED) is 0.355. The van der Waals surface area contributed by atoms with Gasteiger partial charge in [-0.25, -0.2) is 4.79 Å². The number of unbranched alkanes of at least 4 members (excludes halogenated alkanes) is 1. The Kier molecular flexibility index (Phi) is 7.85. The summed E-state index contributed by atoms with van der Waals surface area (Å²) >= 11 is 0. The number of alkyl carbamates (subject to hydrolysis) is 1. The van der Waals surface area contributed by atoms with Crippen LogP contribution < -0.4 is 5.32 Å². The highest BCUT2D eigenvalue weighted by molar-refractivity contribution is 5.94. The zero-order valence-electron chi connectivity index (χ0n) is 15.7. The Morgan fingerprint density at radius 2 is 1.92 bits per heavy atom. The molecule has 2 atom stereocenters. The maximum absolute atomic E-state index is 12.3. The van der Waals surface area contributed by atoms with Crippen LogP contribution in [0.4, 0.5) is 4.79 Å². The van der Waals surface area contributed by atoms with Gasteiger partial charge < -0.3 is 24.8 Å². The number of carbonyl (C=O) groups is 4. The molecule has 1 saturated heterocycles. The predicted molar refractivity (Wildman–Crippen MR) is 91.4 cm³/mol. The first-order valence-corrected chi connectivity index (χ1v) is 8.72. The van der Waals surface area contributed by atoms with Crippen LogP contribution >= 0.6 is 0 Å². The Balaban J connectivity index is 2.67. The molecule has 2 amide bonds. The summed E-state index contributed by atoms with van der Waals surface area (Å²) in [7, 11) is 0. The van der Waals surface area contributed by atoms with E-state index in [9.17, 15) is 19.2 Å². The van der Waals surface area contributed by atoms with Crippen LogP contribution in [0.1, 0.15) is 53.4 Å². The van der Waals surface area contributed by atoms with Gasteiger partial charge in [-0.15, -0.1) is 0 Å². The molecule has 1 fully saturated rings. The van der Waals surface area contributed by atoms with E-state index in [4.69, 9.17) is 14.6 Å². The standard InChI is InChI=1S/C17H28N2O7/c1-5-6-9-25-13(22)10-19-11(7-8-12(20)21)14(15(19)23)18-16(24)26-17(2,3)4/h11,14H,5-10H2,1-4H3,(H,18,24)(H,20,21)/t11-,14+/m0/s1. The van der Waals surface area contributed by atoms with Gasteiger partial charge in [0.1, 0.15) is 18.2 Å². The SMILES string of the molecule is CCCCOC(=O)CN1C(=O)[C@H](NC(=O)OC(C)(C)C)[C@@H]1CCC(=O)O. The maximum Gasteiger partial charge on any atom is 0.408 e. The van der Waals surface area contributed by atoms with Crippen molar-refractivity contribution in [3.8, 4) is 0 Å². The third-order valence-electron chi connectivity index (χ3n) is 3.72. The number of ether oxygens (including phenoxy) is 2. The van der Waals surface area contributed by atoms with Crippen molar-refractivity contribution in [1.82, 2.24) is 10.2 Å². The number of carboxylic acids is 1. The van der Waals surface area contributed by atoms with Crippen molar-refractivity contribution in [2.45, 2.75) is 71.1 Å². The number of nitrogens with one attached hydrogen (secondary N) is 1. The van der Waals surface area contributed by atoms with E-state index >= 15 is 0 Å². The molecule has 1 aliphatic rings. The number of β-lactam (4-membered cyclic amide) rings is 1. The summed E-state index contributed by atoms with van der Waals surface area (Å²) in [6.45, 7) is 7.04. The van der Waals surface area contributed by atoms with Crippen molar-refractivity contribution in [3.05, 3.63) is 0 Å². The molecular formula is C17H28N2O7. The molecule has 9 heteroatoms. The zero-order valence-corrected chi connectivity index (χ0v) is 15.7. The highest BCUT2D eigenvalue weighted by atomic mass is 16.6. The predicted octanol–water partition coefficient (Wildman–Crippen LogP) is 1.30. The summed E-state index contributed by atoms with van der Waals surface area (Å²) in [5.41, 5.74) is -0.726. The molecule has 0 saturated carbocycles. The molecule has 0 spiro atoms. The topological polar surface area (TPSA) is 122 Å². The van der Waals surface area contributed by atoms with E-state index in [0.29, 0.717) is 0 Å². The lowest BCUT2D eigenvalue weighted by Gasteiger charge is -2.46. The van der Waals surface area contributed by atoms with Gasteiger partial charge in [-0.1, -0.05) is 13.3 Å². The number of nitrogens with zero attached hydrogens (tertiary/aromatic N) is 1. The fraction of sp³-hybridized carbons (Fsp3) is 0.765. The van der Waals surface area contributed by atoms with Gasteiger partial charge in [-0.3, -0.25) is 14.4 Å². The van der Waals surface area contributed by atoms with E-state index in [1.165, 1.54) is 4.90 Å². The zero-order chi connectivity index (χ0) is 19.9. The Morgan fingerprint density at radius 3 is 2.46 bits per heavy atom. The largest absolute Gasteiger partial charge is 0.481 e. The van der Waals surface area contributed by atoms with Crippen LogP contribution in [0.3, 0.4) is 0 Å². The second kappa shape index (κ2) is 9.40. The first-order chi connectivity index (χ1) is 12.0. The lowest BCUT2D eigenvalue weighted by molar-refractivity contribution is -0.162. The number of hydrogen-bond donors (Lipinski definition) is 2. The van der Waals surface area contributed by atoms with E-state index in [2.05, 4.69) is 5.32 Å². The summed E-state index contributed by atoms with van der Waals surface area (Å²) < 4.78 is 10.2. The van der Waals surface area contributed by atoms with Crippen molar-refractivity contribution >= 4 is 23.9 Å². The molecular weight excluding hydrogens is 344 g/mol. The molecule has 0 bridgehead atoms. The fourth-order valence-corrected chi connectivity index (χ4v) is 2.50. The average Bonchev–Trinajstić information content (AvgIpc) is 2.50. The number of carbonyl (C=O) groups excluding carboxylic acids is 3. The number of likely N-dealkylation sites (tertiary alicyclic amines) is 1. The van der Waals surface area contributed by atoms with E-state index in [1.54, 1.807) is 20.8 Å². The monoisotopic (exact) mass is 372 g/mol. The number of rotatable bonds is 9. The van der Waals surface area contributed by atoms with Crippen molar-refractivity contribution in [2.75, 3.05) is 13.2 Å². The molecule has 26 heavy (non-hydrogen) atoms. The maximum atomic E-state index is 12.3. The summed E-state index contributed by atoms with van der Waals surface area (Å²) in [6.07, 6.45) is 0.765. The second-order valence-electron chi connectivity index (χ2n) is 7.16. The van der Waals surface area contributed by atoms with Gasteiger partial charge in [0.25, 0.3) is 0 Å². The van der Waals surface area contributed by atoms with Crippen molar-refractivity contribution in [1.29, 1.82) is 0 Å². The minimum Gasteiger partial charge on any atom is -0.481 e. The molecule has 2 N–H and O–H groups in total. The van der Waals surface area contributed by atoms with Gasteiger partial charge in [0, 0.05) is 6.42 Å². The number of esters is 1. The lowest BCUT2D eigenvalue weighted by atomic mass is 9.91. The number of hydrogen-bond acceptors (Lipinski definition) is 6. The van der Waals surface area contributed by atoms with Gasteiger partial charge in [0.05, 0.1) is 12.6 Å². The van der Waals surface area contributed by atoms with Gasteiger partial charge >= 0.3 is 18.0 Å². The van der Waals surface area contributed by atoms with Crippen LogP contribution in [0.25, 0.3) is 0 Å². The molecule has 0 radical (unpaired) electrons. The van der Waals surface area contributed by atoms with E-state index < -0.39 is 41.6 Å². The van der Waals surface area contributed by atoms with Crippen molar-refractivity contribution in [3.63, 3.8) is 0 Å². The Morgan fingerprint density at radius 1 is 1.27 bits per heavy atom.